The predicted octanol–water partition coefficient (Wildman–Crippen LogP) is 8.04. The molecule has 0 saturated carbocycles. The van der Waals surface area contributed by atoms with Crippen molar-refractivity contribution in [3.8, 4) is 17.1 Å². The van der Waals surface area contributed by atoms with Crippen molar-refractivity contribution in [3.63, 3.8) is 0 Å². The van der Waals surface area contributed by atoms with Gasteiger partial charge < -0.3 is 9.47 Å². The second-order valence-electron chi connectivity index (χ2n) is 10.8. The fraction of sp³-hybridized carbons (Fsp3) is 0.389. The van der Waals surface area contributed by atoms with Gasteiger partial charge in [-0.25, -0.2) is 0 Å². The van der Waals surface area contributed by atoms with E-state index in [-0.39, 0.29) is 5.97 Å². The fourth-order valence-corrected chi connectivity index (χ4v) is 5.13. The molecule has 7 heteroatoms. The number of ether oxygens (including phenoxy) is 2. The van der Waals surface area contributed by atoms with Crippen LogP contribution in [-0.4, -0.2) is 39.8 Å². The molecule has 0 amide bonds. The van der Waals surface area contributed by atoms with E-state index in [0.29, 0.717) is 24.8 Å². The largest absolute Gasteiger partial charge is 0.493 e. The first kappa shape index (κ1) is 31.7. The van der Waals surface area contributed by atoms with Gasteiger partial charge >= 0.3 is 5.97 Å². The van der Waals surface area contributed by atoms with E-state index in [1.54, 1.807) is 0 Å². The number of carbonyl (C=O) groups is 1. The summed E-state index contributed by atoms with van der Waals surface area (Å²) in [6.07, 6.45) is 14.3. The third-order valence-corrected chi connectivity index (χ3v) is 7.55. The summed E-state index contributed by atoms with van der Waals surface area (Å²) in [6, 6.07) is 27.3. The van der Waals surface area contributed by atoms with Crippen LogP contribution in [0.2, 0.25) is 0 Å². The van der Waals surface area contributed by atoms with E-state index in [9.17, 15) is 4.79 Å². The summed E-state index contributed by atoms with van der Waals surface area (Å²) in [4.78, 5) is 11.8. The Labute approximate surface area is 255 Å². The number of aromatic amines is 1. The molecule has 0 aliphatic rings. The number of nitrogens with one attached hydrogen (secondary N) is 1. The number of tetrazole rings is 1. The zero-order chi connectivity index (χ0) is 30.0. The highest BCUT2D eigenvalue weighted by atomic mass is 16.5. The van der Waals surface area contributed by atoms with Crippen molar-refractivity contribution in [2.24, 2.45) is 5.92 Å². The van der Waals surface area contributed by atoms with Gasteiger partial charge in [-0.05, 0) is 86.6 Å². The highest BCUT2D eigenvalue weighted by Gasteiger charge is 2.10. The maximum atomic E-state index is 11.8. The molecule has 0 aliphatic heterocycles. The van der Waals surface area contributed by atoms with E-state index in [1.165, 1.54) is 17.5 Å². The SMILES string of the molecule is CCOC(=O)CCCCC(C=Cc1ccccc1OCCCCCc1ccccc1)CCc1ccc(-c2nn[nH]n2)cc1. The van der Waals surface area contributed by atoms with Crippen LogP contribution < -0.4 is 4.74 Å². The summed E-state index contributed by atoms with van der Waals surface area (Å²) in [6.45, 7) is 3.00. The fourth-order valence-electron chi connectivity index (χ4n) is 5.13. The number of hydrogen-bond acceptors (Lipinski definition) is 6. The Kier molecular flexibility index (Phi) is 13.5. The summed E-state index contributed by atoms with van der Waals surface area (Å²) >= 11 is 0. The molecule has 226 valence electrons. The van der Waals surface area contributed by atoms with Crippen molar-refractivity contribution in [1.29, 1.82) is 0 Å². The van der Waals surface area contributed by atoms with Crippen LogP contribution in [0.1, 0.15) is 75.0 Å². The maximum absolute atomic E-state index is 11.8. The third-order valence-electron chi connectivity index (χ3n) is 7.55. The van der Waals surface area contributed by atoms with Crippen LogP contribution in [0.3, 0.4) is 0 Å². The second kappa shape index (κ2) is 18.3. The van der Waals surface area contributed by atoms with Crippen LogP contribution in [0.25, 0.3) is 17.5 Å². The van der Waals surface area contributed by atoms with Crippen LogP contribution >= 0.6 is 0 Å². The molecule has 0 saturated heterocycles. The summed E-state index contributed by atoms with van der Waals surface area (Å²) in [7, 11) is 0. The molecule has 4 rings (SSSR count). The first-order valence-electron chi connectivity index (χ1n) is 15.6. The molecule has 1 aromatic heterocycles. The van der Waals surface area contributed by atoms with E-state index in [0.717, 1.165) is 74.8 Å². The quantitative estimate of drug-likeness (QED) is 0.0892. The van der Waals surface area contributed by atoms with Gasteiger partial charge in [0.15, 0.2) is 0 Å². The molecule has 0 fully saturated rings. The van der Waals surface area contributed by atoms with Gasteiger partial charge in [0.05, 0.1) is 13.2 Å². The number of hydrogen-bond donors (Lipinski definition) is 1. The van der Waals surface area contributed by atoms with Gasteiger partial charge in [-0.15, -0.1) is 10.2 Å². The molecular weight excluding hydrogens is 536 g/mol. The number of carbonyl (C=O) groups excluding carboxylic acids is 1. The minimum absolute atomic E-state index is 0.109. The van der Waals surface area contributed by atoms with Gasteiger partial charge in [-0.2, -0.15) is 5.21 Å². The zero-order valence-electron chi connectivity index (χ0n) is 25.3. The highest BCUT2D eigenvalue weighted by Crippen LogP contribution is 2.25. The molecule has 1 unspecified atom stereocenters. The number of H-pyrrole nitrogens is 1. The van der Waals surface area contributed by atoms with Crippen molar-refractivity contribution in [3.05, 3.63) is 102 Å². The Morgan fingerprint density at radius 2 is 1.63 bits per heavy atom. The molecule has 7 nitrogen and oxygen atoms in total. The summed E-state index contributed by atoms with van der Waals surface area (Å²) in [5.41, 5.74) is 4.72. The van der Waals surface area contributed by atoms with Crippen molar-refractivity contribution in [1.82, 2.24) is 20.6 Å². The molecule has 4 aromatic rings. The van der Waals surface area contributed by atoms with Gasteiger partial charge in [-0.1, -0.05) is 91.4 Å². The van der Waals surface area contributed by atoms with Crippen LogP contribution in [0.4, 0.5) is 0 Å². The summed E-state index contributed by atoms with van der Waals surface area (Å²) in [5, 5.41) is 14.3. The molecule has 1 atom stereocenters. The predicted molar refractivity (Wildman–Crippen MR) is 171 cm³/mol. The van der Waals surface area contributed by atoms with Gasteiger partial charge in [0.2, 0.25) is 5.82 Å². The number of aromatic nitrogens is 4. The number of esters is 1. The van der Waals surface area contributed by atoms with Gasteiger partial charge in [0.25, 0.3) is 0 Å². The lowest BCUT2D eigenvalue weighted by atomic mass is 9.92. The average molecular weight is 581 g/mol. The number of allylic oxidation sites excluding steroid dienone is 1. The highest BCUT2D eigenvalue weighted by molar-refractivity contribution is 5.69. The second-order valence-corrected chi connectivity index (χ2v) is 10.8. The number of aryl methyl sites for hydroxylation is 2. The molecule has 3 aromatic carbocycles. The molecular formula is C36H44N4O3. The number of rotatable bonds is 19. The van der Waals surface area contributed by atoms with E-state index >= 15 is 0 Å². The number of benzene rings is 3. The normalized spacial score (nSPS) is 11.9. The van der Waals surface area contributed by atoms with E-state index in [4.69, 9.17) is 9.47 Å². The topological polar surface area (TPSA) is 90.0 Å². The van der Waals surface area contributed by atoms with E-state index in [1.807, 2.05) is 25.1 Å². The summed E-state index contributed by atoms with van der Waals surface area (Å²) < 4.78 is 11.3. The number of para-hydroxylation sites is 1. The summed E-state index contributed by atoms with van der Waals surface area (Å²) in [5.74, 6) is 1.80. The lowest BCUT2D eigenvalue weighted by molar-refractivity contribution is -0.143. The first-order valence-corrected chi connectivity index (χ1v) is 15.6. The van der Waals surface area contributed by atoms with Gasteiger partial charge in [0.1, 0.15) is 5.75 Å². The van der Waals surface area contributed by atoms with Crippen LogP contribution in [-0.2, 0) is 22.4 Å². The Hall–Kier alpha value is -4.26. The van der Waals surface area contributed by atoms with Crippen molar-refractivity contribution in [2.75, 3.05) is 13.2 Å². The molecule has 1 heterocycles. The third kappa shape index (κ3) is 11.5. The minimum Gasteiger partial charge on any atom is -0.493 e. The van der Waals surface area contributed by atoms with Crippen LogP contribution in [0.15, 0.2) is 84.9 Å². The van der Waals surface area contributed by atoms with Crippen molar-refractivity contribution < 1.29 is 14.3 Å². The zero-order valence-corrected chi connectivity index (χ0v) is 25.3. The van der Waals surface area contributed by atoms with Gasteiger partial charge in [0, 0.05) is 17.5 Å². The smallest absolute Gasteiger partial charge is 0.305 e. The lowest BCUT2D eigenvalue weighted by Gasteiger charge is -2.14. The Morgan fingerprint density at radius 3 is 2.42 bits per heavy atom. The molecule has 0 spiro atoms. The number of unbranched alkanes of at least 4 members (excludes halogenated alkanes) is 3. The van der Waals surface area contributed by atoms with Gasteiger partial charge in [-0.3, -0.25) is 4.79 Å². The molecule has 0 bridgehead atoms. The Morgan fingerprint density at radius 1 is 0.837 bits per heavy atom. The Bertz CT molecular complexity index is 1360. The molecule has 0 aliphatic carbocycles. The maximum Gasteiger partial charge on any atom is 0.305 e. The van der Waals surface area contributed by atoms with E-state index in [2.05, 4.69) is 93.4 Å². The van der Waals surface area contributed by atoms with Crippen LogP contribution in [0, 0.1) is 5.92 Å². The minimum atomic E-state index is -0.109. The average Bonchev–Trinajstić information content (AvgIpc) is 3.58. The molecule has 1 N–H and O–H groups in total. The van der Waals surface area contributed by atoms with Crippen LogP contribution in [0.5, 0.6) is 5.75 Å². The van der Waals surface area contributed by atoms with Crippen molar-refractivity contribution >= 4 is 12.0 Å². The number of nitrogens with zero attached hydrogens (tertiary/aromatic N) is 3. The first-order chi connectivity index (χ1) is 21.2. The van der Waals surface area contributed by atoms with E-state index < -0.39 is 0 Å². The Balaban J connectivity index is 1.30. The van der Waals surface area contributed by atoms with Crippen molar-refractivity contribution in [2.45, 2.75) is 71.1 Å². The standard InChI is InChI=1S/C36H44N4O3/c1-2-42-35(41)19-11-8-16-30(20-21-31-23-26-33(27-24-31)36-37-39-40-38-36)22-25-32-17-9-10-18-34(32)43-28-12-4-7-15-29-13-5-3-6-14-29/h3,5-6,9-10,13-14,17-18,22-27,30H,2,4,7-8,11-12,15-16,19-21,28H2,1H3,(H,37,38,39,40). The molecule has 43 heavy (non-hydrogen) atoms. The molecule has 0 radical (unpaired) electrons. The monoisotopic (exact) mass is 580 g/mol. The lowest BCUT2D eigenvalue weighted by Crippen LogP contribution is -2.04.